The average molecular weight is 329 g/mol. The van der Waals surface area contributed by atoms with E-state index in [-0.39, 0.29) is 17.7 Å². The molecule has 0 bridgehead atoms. The topological polar surface area (TPSA) is 52.7 Å². The predicted octanol–water partition coefficient (Wildman–Crippen LogP) is 2.48. The molecule has 24 heavy (non-hydrogen) atoms. The van der Waals surface area contributed by atoms with Gasteiger partial charge in [-0.3, -0.25) is 14.5 Å². The molecule has 130 valence electrons. The lowest BCUT2D eigenvalue weighted by molar-refractivity contribution is -0.127. The Kier molecular flexibility index (Phi) is 5.51. The highest BCUT2D eigenvalue weighted by Gasteiger charge is 2.32. The minimum atomic E-state index is -0.237. The lowest BCUT2D eigenvalue weighted by Crippen LogP contribution is -2.26. The van der Waals surface area contributed by atoms with E-state index in [1.165, 1.54) is 44.3 Å². The highest BCUT2D eigenvalue weighted by atomic mass is 16.2. The number of amides is 2. The number of nitrogens with one attached hydrogen (secondary N) is 1. The third-order valence-electron chi connectivity index (χ3n) is 5.04. The largest absolute Gasteiger partial charge is 0.345 e. The van der Waals surface area contributed by atoms with Crippen LogP contribution in [-0.4, -0.2) is 48.3 Å². The average Bonchev–Trinajstić information content (AvgIpc) is 2.77. The van der Waals surface area contributed by atoms with Crippen molar-refractivity contribution >= 4 is 17.5 Å². The first-order chi connectivity index (χ1) is 11.6. The smallest absolute Gasteiger partial charge is 0.229 e. The summed E-state index contributed by atoms with van der Waals surface area (Å²) in [5.41, 5.74) is 2.09. The van der Waals surface area contributed by atoms with Gasteiger partial charge in [0.25, 0.3) is 0 Å². The molecule has 1 aromatic rings. The first kappa shape index (κ1) is 17.0. The first-order valence-electron chi connectivity index (χ1n) is 8.98. The van der Waals surface area contributed by atoms with Gasteiger partial charge in [0.15, 0.2) is 0 Å². The van der Waals surface area contributed by atoms with E-state index in [2.05, 4.69) is 22.3 Å². The summed E-state index contributed by atoms with van der Waals surface area (Å²) in [4.78, 5) is 27.9. The molecular formula is C19H27N3O2. The van der Waals surface area contributed by atoms with Crippen LogP contribution in [0, 0.1) is 5.92 Å². The number of hydrogen-bond acceptors (Lipinski definition) is 3. The molecule has 0 spiro atoms. The third-order valence-corrected chi connectivity index (χ3v) is 5.04. The molecule has 5 heteroatoms. The fourth-order valence-corrected chi connectivity index (χ4v) is 3.53. The van der Waals surface area contributed by atoms with Crippen LogP contribution in [0.5, 0.6) is 0 Å². The Balaban J connectivity index is 1.52. The van der Waals surface area contributed by atoms with E-state index in [4.69, 9.17) is 0 Å². The van der Waals surface area contributed by atoms with Crippen molar-refractivity contribution in [3.63, 3.8) is 0 Å². The Morgan fingerprint density at radius 3 is 2.38 bits per heavy atom. The van der Waals surface area contributed by atoms with Gasteiger partial charge in [0.05, 0.1) is 5.92 Å². The Labute approximate surface area is 144 Å². The highest BCUT2D eigenvalue weighted by molar-refractivity contribution is 5.97. The quantitative estimate of drug-likeness (QED) is 0.923. The van der Waals surface area contributed by atoms with Crippen molar-refractivity contribution in [2.24, 2.45) is 5.92 Å². The Morgan fingerprint density at radius 2 is 1.79 bits per heavy atom. The van der Waals surface area contributed by atoms with Gasteiger partial charge in [-0.25, -0.2) is 0 Å². The van der Waals surface area contributed by atoms with Crippen molar-refractivity contribution in [1.82, 2.24) is 9.80 Å². The lowest BCUT2D eigenvalue weighted by Gasteiger charge is -2.20. The number of rotatable bonds is 4. The Bertz CT molecular complexity index is 577. The molecule has 2 fully saturated rings. The van der Waals surface area contributed by atoms with Crippen molar-refractivity contribution < 1.29 is 9.59 Å². The minimum absolute atomic E-state index is 0.0444. The van der Waals surface area contributed by atoms with E-state index >= 15 is 0 Å². The molecule has 5 nitrogen and oxygen atoms in total. The molecule has 2 amide bonds. The van der Waals surface area contributed by atoms with Crippen molar-refractivity contribution in [3.8, 4) is 0 Å². The van der Waals surface area contributed by atoms with Gasteiger partial charge in [0.1, 0.15) is 0 Å². The van der Waals surface area contributed by atoms with Crippen LogP contribution in [0.1, 0.15) is 37.7 Å². The number of anilines is 1. The molecule has 0 aliphatic carbocycles. The van der Waals surface area contributed by atoms with E-state index in [1.807, 2.05) is 12.1 Å². The molecule has 2 aliphatic rings. The normalized spacial score (nSPS) is 22.5. The van der Waals surface area contributed by atoms with E-state index < -0.39 is 0 Å². The zero-order valence-electron chi connectivity index (χ0n) is 14.5. The molecule has 3 rings (SSSR count). The number of carbonyl (C=O) groups is 2. The highest BCUT2D eigenvalue weighted by Crippen LogP contribution is 2.19. The van der Waals surface area contributed by atoms with Gasteiger partial charge in [-0.15, -0.1) is 0 Å². The van der Waals surface area contributed by atoms with Gasteiger partial charge in [-0.2, -0.15) is 0 Å². The molecule has 0 radical (unpaired) electrons. The first-order valence-corrected chi connectivity index (χ1v) is 8.98. The van der Waals surface area contributed by atoms with Crippen LogP contribution in [0.25, 0.3) is 0 Å². The molecular weight excluding hydrogens is 302 g/mol. The fourth-order valence-electron chi connectivity index (χ4n) is 3.53. The molecule has 0 saturated carbocycles. The number of nitrogens with zero attached hydrogens (tertiary/aromatic N) is 2. The Hall–Kier alpha value is -1.88. The summed E-state index contributed by atoms with van der Waals surface area (Å²) in [5, 5.41) is 2.93. The monoisotopic (exact) mass is 329 g/mol. The van der Waals surface area contributed by atoms with Gasteiger partial charge in [0, 0.05) is 32.2 Å². The third kappa shape index (κ3) is 4.35. The van der Waals surface area contributed by atoms with Crippen molar-refractivity contribution in [1.29, 1.82) is 0 Å². The number of benzene rings is 1. The van der Waals surface area contributed by atoms with Gasteiger partial charge in [-0.1, -0.05) is 25.0 Å². The van der Waals surface area contributed by atoms with Crippen LogP contribution in [0.3, 0.4) is 0 Å². The molecule has 2 aliphatic heterocycles. The van der Waals surface area contributed by atoms with E-state index in [0.717, 1.165) is 12.2 Å². The summed E-state index contributed by atoms with van der Waals surface area (Å²) in [6, 6.07) is 8.11. The summed E-state index contributed by atoms with van der Waals surface area (Å²) < 4.78 is 0. The molecule has 1 aromatic carbocycles. The van der Waals surface area contributed by atoms with Crippen LogP contribution >= 0.6 is 0 Å². The zero-order chi connectivity index (χ0) is 16.9. The second-order valence-corrected chi connectivity index (χ2v) is 7.05. The van der Waals surface area contributed by atoms with Crippen molar-refractivity contribution in [2.45, 2.75) is 38.6 Å². The summed E-state index contributed by atoms with van der Waals surface area (Å²) in [7, 11) is 1.74. The van der Waals surface area contributed by atoms with Crippen molar-refractivity contribution in [3.05, 3.63) is 29.8 Å². The molecule has 1 unspecified atom stereocenters. The van der Waals surface area contributed by atoms with Crippen LogP contribution < -0.4 is 5.32 Å². The summed E-state index contributed by atoms with van der Waals surface area (Å²) in [6.45, 7) is 3.86. The molecule has 1 N–H and O–H groups in total. The molecule has 2 heterocycles. The number of likely N-dealkylation sites (tertiary alicyclic amines) is 2. The molecule has 0 aromatic heterocycles. The van der Waals surface area contributed by atoms with Crippen LogP contribution in [0.15, 0.2) is 24.3 Å². The summed E-state index contributed by atoms with van der Waals surface area (Å²) >= 11 is 0. The van der Waals surface area contributed by atoms with Gasteiger partial charge in [0.2, 0.25) is 11.8 Å². The maximum absolute atomic E-state index is 12.2. The maximum atomic E-state index is 12.2. The predicted molar refractivity (Wildman–Crippen MR) is 94.6 cm³/mol. The molecule has 2 saturated heterocycles. The Morgan fingerprint density at radius 1 is 1.12 bits per heavy atom. The second-order valence-electron chi connectivity index (χ2n) is 7.05. The standard InChI is InChI=1S/C19H27N3O2/c1-21-14-16(12-18(21)23)19(24)20-17-8-6-15(7-9-17)13-22-10-4-2-3-5-11-22/h6-9,16H,2-5,10-14H2,1H3,(H,20,24). The van der Waals surface area contributed by atoms with Crippen LogP contribution in [0.4, 0.5) is 5.69 Å². The van der Waals surface area contributed by atoms with Gasteiger partial charge in [-0.05, 0) is 43.6 Å². The summed E-state index contributed by atoms with van der Waals surface area (Å²) in [5.74, 6) is -0.254. The SMILES string of the molecule is CN1CC(C(=O)Nc2ccc(CN3CCCCCC3)cc2)CC1=O. The van der Waals surface area contributed by atoms with E-state index in [9.17, 15) is 9.59 Å². The van der Waals surface area contributed by atoms with Gasteiger partial charge >= 0.3 is 0 Å². The van der Waals surface area contributed by atoms with Crippen molar-refractivity contribution in [2.75, 3.05) is 32.0 Å². The van der Waals surface area contributed by atoms with Gasteiger partial charge < -0.3 is 10.2 Å². The number of hydrogen-bond donors (Lipinski definition) is 1. The lowest BCUT2D eigenvalue weighted by atomic mass is 10.1. The van der Waals surface area contributed by atoms with E-state index in [0.29, 0.717) is 13.0 Å². The number of carbonyl (C=O) groups excluding carboxylic acids is 2. The summed E-state index contributed by atoms with van der Waals surface area (Å²) in [6.07, 6.45) is 5.60. The van der Waals surface area contributed by atoms with Crippen LogP contribution in [-0.2, 0) is 16.1 Å². The minimum Gasteiger partial charge on any atom is -0.345 e. The zero-order valence-corrected chi connectivity index (χ0v) is 14.5. The maximum Gasteiger partial charge on any atom is 0.229 e. The van der Waals surface area contributed by atoms with Crippen LogP contribution in [0.2, 0.25) is 0 Å². The van der Waals surface area contributed by atoms with E-state index in [1.54, 1.807) is 11.9 Å². The fraction of sp³-hybridized carbons (Fsp3) is 0.579. The second kappa shape index (κ2) is 7.79. The molecule has 1 atom stereocenters.